The molecule has 1 saturated heterocycles. The molecule has 1 saturated carbocycles. The third kappa shape index (κ3) is 1.64. The summed E-state index contributed by atoms with van der Waals surface area (Å²) in [5.41, 5.74) is 7.41. The van der Waals surface area contributed by atoms with Gasteiger partial charge < -0.3 is 10.6 Å². The van der Waals surface area contributed by atoms with Crippen molar-refractivity contribution in [2.75, 3.05) is 18.0 Å². The molecule has 1 aromatic rings. The minimum atomic E-state index is 0.413. The van der Waals surface area contributed by atoms with Crippen LogP contribution in [0.4, 0.5) is 5.69 Å². The van der Waals surface area contributed by atoms with Crippen LogP contribution in [0.5, 0.6) is 0 Å². The maximum absolute atomic E-state index is 6.15. The van der Waals surface area contributed by atoms with Gasteiger partial charge >= 0.3 is 0 Å². The Morgan fingerprint density at radius 3 is 3.00 bits per heavy atom. The average molecular weight is 282 g/mol. The molecule has 2 fully saturated rings. The number of nitrogens with two attached hydrogens (primary N) is 1. The minimum absolute atomic E-state index is 0.413. The summed E-state index contributed by atoms with van der Waals surface area (Å²) in [6.45, 7) is 2.26. The lowest BCUT2D eigenvalue weighted by atomic mass is 9.98. The van der Waals surface area contributed by atoms with Crippen molar-refractivity contribution >= 4 is 21.6 Å². The molecule has 2 aliphatic rings. The molecule has 3 rings (SSSR count). The van der Waals surface area contributed by atoms with E-state index in [4.69, 9.17) is 5.73 Å². The Morgan fingerprint density at radius 1 is 1.38 bits per heavy atom. The lowest BCUT2D eigenvalue weighted by Crippen LogP contribution is -2.30. The Bertz CT molecular complexity index is 396. The first kappa shape index (κ1) is 10.5. The van der Waals surface area contributed by atoms with Crippen LogP contribution in [0.15, 0.2) is 22.9 Å². The van der Waals surface area contributed by atoms with Crippen LogP contribution in [0.1, 0.15) is 12.8 Å². The van der Waals surface area contributed by atoms with Gasteiger partial charge in [0.2, 0.25) is 0 Å². The number of aromatic nitrogens is 1. The zero-order valence-corrected chi connectivity index (χ0v) is 10.7. The predicted molar refractivity (Wildman–Crippen MR) is 68.3 cm³/mol. The molecule has 1 aromatic heterocycles. The van der Waals surface area contributed by atoms with Crippen LogP contribution in [0.3, 0.4) is 0 Å². The number of pyridine rings is 1. The van der Waals surface area contributed by atoms with E-state index in [0.29, 0.717) is 12.0 Å². The monoisotopic (exact) mass is 281 g/mol. The number of anilines is 1. The predicted octanol–water partition coefficient (Wildman–Crippen LogP) is 2.02. The fourth-order valence-corrected chi connectivity index (χ4v) is 3.63. The molecule has 0 aromatic carbocycles. The van der Waals surface area contributed by atoms with Crippen molar-refractivity contribution in [3.05, 3.63) is 22.9 Å². The molecule has 86 valence electrons. The van der Waals surface area contributed by atoms with E-state index in [9.17, 15) is 0 Å². The van der Waals surface area contributed by atoms with Crippen LogP contribution in [-0.2, 0) is 0 Å². The molecule has 4 heteroatoms. The molecule has 0 spiro atoms. The van der Waals surface area contributed by atoms with Gasteiger partial charge in [-0.05, 0) is 46.7 Å². The zero-order valence-electron chi connectivity index (χ0n) is 9.14. The number of fused-ring (bicyclic) bond motifs is 1. The van der Waals surface area contributed by atoms with E-state index in [1.807, 2.05) is 12.4 Å². The third-order valence-corrected chi connectivity index (χ3v) is 4.62. The zero-order chi connectivity index (χ0) is 11.1. The first-order chi connectivity index (χ1) is 7.75. The second-order valence-corrected chi connectivity index (χ2v) is 5.75. The Morgan fingerprint density at radius 2 is 2.25 bits per heavy atom. The number of rotatable bonds is 1. The third-order valence-electron chi connectivity index (χ3n) is 4.00. The summed E-state index contributed by atoms with van der Waals surface area (Å²) in [6, 6.07) is 2.49. The maximum Gasteiger partial charge on any atom is 0.0592 e. The van der Waals surface area contributed by atoms with Gasteiger partial charge in [0.25, 0.3) is 0 Å². The van der Waals surface area contributed by atoms with Crippen LogP contribution < -0.4 is 10.6 Å². The molecule has 2 N–H and O–H groups in total. The van der Waals surface area contributed by atoms with Crippen molar-refractivity contribution in [2.24, 2.45) is 17.6 Å². The van der Waals surface area contributed by atoms with Crippen molar-refractivity contribution in [1.29, 1.82) is 0 Å². The number of halogens is 1. The fraction of sp³-hybridized carbons (Fsp3) is 0.583. The Hall–Kier alpha value is -0.610. The van der Waals surface area contributed by atoms with E-state index in [1.54, 1.807) is 0 Å². The van der Waals surface area contributed by atoms with Crippen LogP contribution in [0.2, 0.25) is 0 Å². The summed E-state index contributed by atoms with van der Waals surface area (Å²) in [5, 5.41) is 0. The fourth-order valence-electron chi connectivity index (χ4n) is 3.13. The molecule has 0 radical (unpaired) electrons. The normalized spacial score (nSPS) is 33.1. The molecule has 1 aliphatic heterocycles. The second kappa shape index (κ2) is 4.00. The number of hydrogen-bond donors (Lipinski definition) is 1. The maximum atomic E-state index is 6.15. The first-order valence-corrected chi connectivity index (χ1v) is 6.65. The summed E-state index contributed by atoms with van der Waals surface area (Å²) in [4.78, 5) is 6.55. The smallest absolute Gasteiger partial charge is 0.0592 e. The molecule has 3 nitrogen and oxygen atoms in total. The van der Waals surface area contributed by atoms with E-state index in [0.717, 1.165) is 23.5 Å². The molecule has 0 amide bonds. The number of hydrogen-bond acceptors (Lipinski definition) is 3. The van der Waals surface area contributed by atoms with Crippen molar-refractivity contribution < 1.29 is 0 Å². The van der Waals surface area contributed by atoms with E-state index in [-0.39, 0.29) is 0 Å². The van der Waals surface area contributed by atoms with Gasteiger partial charge in [-0.1, -0.05) is 0 Å². The second-order valence-electron chi connectivity index (χ2n) is 4.90. The topological polar surface area (TPSA) is 42.1 Å². The van der Waals surface area contributed by atoms with Gasteiger partial charge in [0.05, 0.1) is 10.2 Å². The van der Waals surface area contributed by atoms with Crippen molar-refractivity contribution in [3.8, 4) is 0 Å². The molecular weight excluding hydrogens is 266 g/mol. The summed E-state index contributed by atoms with van der Waals surface area (Å²) < 4.78 is 1.09. The summed E-state index contributed by atoms with van der Waals surface area (Å²) in [5.74, 6) is 1.50. The molecule has 0 bridgehead atoms. The van der Waals surface area contributed by atoms with Gasteiger partial charge in [0.1, 0.15) is 0 Å². The van der Waals surface area contributed by atoms with Crippen molar-refractivity contribution in [3.63, 3.8) is 0 Å². The quantitative estimate of drug-likeness (QED) is 0.857. The molecule has 2 heterocycles. The van der Waals surface area contributed by atoms with Gasteiger partial charge in [-0.25, -0.2) is 0 Å². The van der Waals surface area contributed by atoms with E-state index < -0.39 is 0 Å². The lowest BCUT2D eigenvalue weighted by Gasteiger charge is -2.21. The Balaban J connectivity index is 1.82. The highest BCUT2D eigenvalue weighted by atomic mass is 79.9. The SMILES string of the molecule is NC1CCC2CN(c3ccncc3Br)CC12. The summed E-state index contributed by atoms with van der Waals surface area (Å²) in [7, 11) is 0. The minimum Gasteiger partial charge on any atom is -0.370 e. The molecule has 3 atom stereocenters. The van der Waals surface area contributed by atoms with Crippen molar-refractivity contribution in [1.82, 2.24) is 4.98 Å². The largest absolute Gasteiger partial charge is 0.370 e. The highest BCUT2D eigenvalue weighted by molar-refractivity contribution is 9.10. The molecular formula is C12H16BrN3. The van der Waals surface area contributed by atoms with Gasteiger partial charge in [0, 0.05) is 31.5 Å². The standard InChI is InChI=1S/C12H16BrN3/c13-10-5-15-4-3-12(10)16-6-8-1-2-11(14)9(8)7-16/h3-5,8-9,11H,1-2,6-7,14H2. The van der Waals surface area contributed by atoms with E-state index >= 15 is 0 Å². The van der Waals surface area contributed by atoms with Crippen LogP contribution in [-0.4, -0.2) is 24.1 Å². The molecule has 3 unspecified atom stereocenters. The average Bonchev–Trinajstić information content (AvgIpc) is 2.82. The highest BCUT2D eigenvalue weighted by Crippen LogP contribution is 2.40. The molecule has 1 aliphatic carbocycles. The highest BCUT2D eigenvalue weighted by Gasteiger charge is 2.41. The van der Waals surface area contributed by atoms with Gasteiger partial charge in [-0.2, -0.15) is 0 Å². The Labute approximate surface area is 104 Å². The van der Waals surface area contributed by atoms with Gasteiger partial charge in [-0.15, -0.1) is 0 Å². The number of nitrogens with zero attached hydrogens (tertiary/aromatic N) is 2. The Kier molecular flexibility index (Phi) is 2.64. The lowest BCUT2D eigenvalue weighted by molar-refractivity contribution is 0.453. The van der Waals surface area contributed by atoms with Crippen molar-refractivity contribution in [2.45, 2.75) is 18.9 Å². The van der Waals surface area contributed by atoms with Crippen LogP contribution >= 0.6 is 15.9 Å². The van der Waals surface area contributed by atoms with Crippen LogP contribution in [0, 0.1) is 11.8 Å². The van der Waals surface area contributed by atoms with Crippen LogP contribution in [0.25, 0.3) is 0 Å². The first-order valence-electron chi connectivity index (χ1n) is 5.86. The van der Waals surface area contributed by atoms with E-state index in [1.165, 1.54) is 18.5 Å². The molecule has 16 heavy (non-hydrogen) atoms. The summed E-state index contributed by atoms with van der Waals surface area (Å²) in [6.07, 6.45) is 6.23. The van der Waals surface area contributed by atoms with Gasteiger partial charge in [-0.3, -0.25) is 4.98 Å². The van der Waals surface area contributed by atoms with E-state index in [2.05, 4.69) is 31.9 Å². The van der Waals surface area contributed by atoms with Gasteiger partial charge in [0.15, 0.2) is 0 Å². The summed E-state index contributed by atoms with van der Waals surface area (Å²) >= 11 is 3.57.